The highest BCUT2D eigenvalue weighted by Gasteiger charge is 2.22. The van der Waals surface area contributed by atoms with Crippen LogP contribution in [-0.2, 0) is 20.7 Å². The fourth-order valence-corrected chi connectivity index (χ4v) is 3.15. The number of benzene rings is 2. The van der Waals surface area contributed by atoms with E-state index in [0.29, 0.717) is 12.7 Å². The predicted octanol–water partition coefficient (Wildman–Crippen LogP) is 4.58. The number of hydrogen-bond donors (Lipinski definition) is 2. The Hall–Kier alpha value is -3.38. The number of aliphatic carboxylic acids is 1. The lowest BCUT2D eigenvalue weighted by atomic mass is 10.1. The second kappa shape index (κ2) is 14.4. The number of hydrogen-bond acceptors (Lipinski definition) is 5. The van der Waals surface area contributed by atoms with Crippen LogP contribution in [0.3, 0.4) is 0 Å². The number of carboxylic acids is 1. The third-order valence-electron chi connectivity index (χ3n) is 4.94. The van der Waals surface area contributed by atoms with Crippen molar-refractivity contribution in [1.82, 2.24) is 4.90 Å². The van der Waals surface area contributed by atoms with E-state index in [-0.39, 0.29) is 45.0 Å². The van der Waals surface area contributed by atoms with Crippen LogP contribution in [0.1, 0.15) is 19.4 Å². The molecule has 0 bridgehead atoms. The summed E-state index contributed by atoms with van der Waals surface area (Å²) in [7, 11) is 0. The van der Waals surface area contributed by atoms with Gasteiger partial charge in [-0.15, -0.1) is 0 Å². The molecule has 0 aliphatic carbocycles. The highest BCUT2D eigenvalue weighted by molar-refractivity contribution is 5.89. The molecule has 0 aliphatic heterocycles. The lowest BCUT2D eigenvalue weighted by Gasteiger charge is -2.23. The van der Waals surface area contributed by atoms with Crippen LogP contribution in [0.15, 0.2) is 42.5 Å². The van der Waals surface area contributed by atoms with Crippen molar-refractivity contribution >= 4 is 17.7 Å². The van der Waals surface area contributed by atoms with Crippen molar-refractivity contribution < 1.29 is 46.5 Å². The second-order valence-electron chi connectivity index (χ2n) is 8.15. The molecular weight excluding hydrogens is 500 g/mol. The van der Waals surface area contributed by atoms with Crippen LogP contribution in [0.4, 0.5) is 28.0 Å². The van der Waals surface area contributed by atoms with E-state index >= 15 is 0 Å². The zero-order valence-electron chi connectivity index (χ0n) is 20.5. The fraction of sp³-hybridized carbons (Fsp3) is 0.440. The Kier molecular flexibility index (Phi) is 11.6. The first-order valence-corrected chi connectivity index (χ1v) is 11.5. The van der Waals surface area contributed by atoms with Crippen molar-refractivity contribution in [3.8, 4) is 5.75 Å². The predicted molar refractivity (Wildman–Crippen MR) is 127 cm³/mol. The molecule has 2 rings (SSSR count). The molecule has 0 saturated carbocycles. The van der Waals surface area contributed by atoms with Gasteiger partial charge in [-0.3, -0.25) is 0 Å². The lowest BCUT2D eigenvalue weighted by molar-refractivity contribution is -0.149. The Morgan fingerprint density at radius 1 is 1.05 bits per heavy atom. The number of amides is 2. The van der Waals surface area contributed by atoms with E-state index in [4.69, 9.17) is 14.2 Å². The Morgan fingerprint density at radius 2 is 1.73 bits per heavy atom. The molecule has 37 heavy (non-hydrogen) atoms. The summed E-state index contributed by atoms with van der Waals surface area (Å²) in [6.45, 7) is 1.65. The number of carbonyl (C=O) groups is 2. The molecule has 0 spiro atoms. The Labute approximate surface area is 212 Å². The SMILES string of the molecule is CCOC(Cc1ccc(OCCN(CCOCC(C)(F)F)C(=O)Nc2ccc(F)c(F)c2)cc1)C(=O)O. The van der Waals surface area contributed by atoms with Gasteiger partial charge < -0.3 is 29.5 Å². The maximum Gasteiger partial charge on any atom is 0.333 e. The van der Waals surface area contributed by atoms with Gasteiger partial charge in [-0.05, 0) is 36.8 Å². The van der Waals surface area contributed by atoms with E-state index in [1.54, 1.807) is 31.2 Å². The minimum Gasteiger partial charge on any atom is -0.492 e. The number of carboxylic acid groups (broad SMARTS) is 1. The van der Waals surface area contributed by atoms with Crippen molar-refractivity contribution in [3.63, 3.8) is 0 Å². The van der Waals surface area contributed by atoms with Crippen LogP contribution >= 0.6 is 0 Å². The summed E-state index contributed by atoms with van der Waals surface area (Å²) in [5.74, 6) is -5.84. The Morgan fingerprint density at radius 3 is 2.32 bits per heavy atom. The molecule has 2 aromatic carbocycles. The monoisotopic (exact) mass is 530 g/mol. The van der Waals surface area contributed by atoms with E-state index < -0.39 is 42.3 Å². The van der Waals surface area contributed by atoms with Gasteiger partial charge in [-0.1, -0.05) is 12.1 Å². The van der Waals surface area contributed by atoms with Crippen molar-refractivity contribution in [2.24, 2.45) is 0 Å². The first-order chi connectivity index (χ1) is 17.5. The molecule has 12 heteroatoms. The quantitative estimate of drug-likeness (QED) is 0.259. The van der Waals surface area contributed by atoms with Crippen LogP contribution in [0.2, 0.25) is 0 Å². The molecule has 0 aliphatic rings. The largest absolute Gasteiger partial charge is 0.492 e. The van der Waals surface area contributed by atoms with Gasteiger partial charge in [0.05, 0.1) is 13.2 Å². The van der Waals surface area contributed by atoms with Gasteiger partial charge >= 0.3 is 12.0 Å². The van der Waals surface area contributed by atoms with Gasteiger partial charge in [0.1, 0.15) is 19.0 Å². The molecule has 1 unspecified atom stereocenters. The van der Waals surface area contributed by atoms with E-state index in [9.17, 15) is 32.3 Å². The molecule has 2 amide bonds. The molecular formula is C25H30F4N2O6. The van der Waals surface area contributed by atoms with Crippen LogP contribution in [-0.4, -0.2) is 73.6 Å². The molecule has 0 radical (unpaired) electrons. The number of nitrogens with one attached hydrogen (secondary N) is 1. The molecule has 204 valence electrons. The van der Waals surface area contributed by atoms with E-state index in [1.165, 1.54) is 11.0 Å². The normalized spacial score (nSPS) is 12.2. The molecule has 2 N–H and O–H groups in total. The number of halogens is 4. The van der Waals surface area contributed by atoms with Crippen LogP contribution in [0.5, 0.6) is 5.75 Å². The summed E-state index contributed by atoms with van der Waals surface area (Å²) < 4.78 is 68.4. The lowest BCUT2D eigenvalue weighted by Crippen LogP contribution is -2.40. The number of rotatable bonds is 15. The van der Waals surface area contributed by atoms with Gasteiger partial charge in [0.2, 0.25) is 0 Å². The number of urea groups is 1. The summed E-state index contributed by atoms with van der Waals surface area (Å²) in [6, 6.07) is 8.83. The molecule has 0 heterocycles. The minimum absolute atomic E-state index is 0.0122. The average Bonchev–Trinajstić information content (AvgIpc) is 2.83. The number of anilines is 1. The Balaban J connectivity index is 1.95. The second-order valence-corrected chi connectivity index (χ2v) is 8.15. The molecule has 8 nitrogen and oxygen atoms in total. The maximum atomic E-state index is 13.5. The third kappa shape index (κ3) is 11.0. The summed E-state index contributed by atoms with van der Waals surface area (Å²) in [6.07, 6.45) is -0.786. The molecule has 1 atom stereocenters. The third-order valence-corrected chi connectivity index (χ3v) is 4.94. The zero-order chi connectivity index (χ0) is 27.4. The highest BCUT2D eigenvalue weighted by atomic mass is 19.3. The number of ether oxygens (including phenoxy) is 3. The Bertz CT molecular complexity index is 1020. The molecule has 0 aromatic heterocycles. The minimum atomic E-state index is -3.03. The average molecular weight is 531 g/mol. The van der Waals surface area contributed by atoms with Gasteiger partial charge in [-0.2, -0.15) is 0 Å². The van der Waals surface area contributed by atoms with Gasteiger partial charge in [-0.25, -0.2) is 27.2 Å². The van der Waals surface area contributed by atoms with Crippen molar-refractivity contribution in [3.05, 3.63) is 59.7 Å². The number of carbonyl (C=O) groups excluding carboxylic acids is 1. The molecule has 2 aromatic rings. The van der Waals surface area contributed by atoms with E-state index in [1.807, 2.05) is 0 Å². The van der Waals surface area contributed by atoms with Gasteiger partial charge in [0.25, 0.3) is 5.92 Å². The zero-order valence-corrected chi connectivity index (χ0v) is 20.5. The van der Waals surface area contributed by atoms with Gasteiger partial charge in [0.15, 0.2) is 17.7 Å². The standard InChI is InChI=1S/C25H30F4N2O6/c1-3-36-22(23(32)33)14-17-4-7-19(8-5-17)37-13-11-31(10-12-35-16-25(2,28)29)24(34)30-18-6-9-20(26)21(27)15-18/h4-9,15,22H,3,10-14,16H2,1-2H3,(H,30,34)(H,32,33). The van der Waals surface area contributed by atoms with Crippen LogP contribution < -0.4 is 10.1 Å². The smallest absolute Gasteiger partial charge is 0.333 e. The summed E-state index contributed by atoms with van der Waals surface area (Å²) >= 11 is 0. The molecule has 0 saturated heterocycles. The van der Waals surface area contributed by atoms with Crippen molar-refractivity contribution in [1.29, 1.82) is 0 Å². The maximum absolute atomic E-state index is 13.5. The summed E-state index contributed by atoms with van der Waals surface area (Å²) in [5, 5.41) is 11.6. The molecule has 0 fully saturated rings. The topological polar surface area (TPSA) is 97.3 Å². The van der Waals surface area contributed by atoms with E-state index in [2.05, 4.69) is 5.32 Å². The van der Waals surface area contributed by atoms with Crippen LogP contribution in [0.25, 0.3) is 0 Å². The highest BCUT2D eigenvalue weighted by Crippen LogP contribution is 2.16. The van der Waals surface area contributed by atoms with Gasteiger partial charge in [0, 0.05) is 38.2 Å². The number of alkyl halides is 2. The summed E-state index contributed by atoms with van der Waals surface area (Å²) in [4.78, 5) is 25.1. The first-order valence-electron chi connectivity index (χ1n) is 11.5. The number of nitrogens with zero attached hydrogens (tertiary/aromatic N) is 1. The van der Waals surface area contributed by atoms with Crippen molar-refractivity contribution in [2.75, 3.05) is 44.8 Å². The van der Waals surface area contributed by atoms with Crippen LogP contribution in [0, 0.1) is 11.6 Å². The fourth-order valence-electron chi connectivity index (χ4n) is 3.15. The van der Waals surface area contributed by atoms with Crippen molar-refractivity contribution in [2.45, 2.75) is 32.3 Å². The first kappa shape index (κ1) is 29.8. The summed E-state index contributed by atoms with van der Waals surface area (Å²) in [5.41, 5.74) is 0.740. The van der Waals surface area contributed by atoms with E-state index in [0.717, 1.165) is 17.7 Å².